The van der Waals surface area contributed by atoms with E-state index in [9.17, 15) is 27.6 Å². The summed E-state index contributed by atoms with van der Waals surface area (Å²) in [6.07, 6.45) is 6.46. The van der Waals surface area contributed by atoms with Gasteiger partial charge >= 0.3 is 6.09 Å². The molecule has 3 fully saturated rings. The number of carbonyl (C=O) groups is 4. The van der Waals surface area contributed by atoms with Crippen molar-refractivity contribution in [2.24, 2.45) is 5.92 Å². The molecular weight excluding hydrogens is 751 g/mol. The summed E-state index contributed by atoms with van der Waals surface area (Å²) < 4.78 is 46.1. The summed E-state index contributed by atoms with van der Waals surface area (Å²) >= 11 is 0. The second-order valence-corrected chi connectivity index (χ2v) is 18.4. The fourth-order valence-corrected chi connectivity index (χ4v) is 9.32. The number of hydrogen-bond acceptors (Lipinski definition) is 10. The average Bonchev–Trinajstić information content (AvgIpc) is 3.67. The number of methoxy groups -OCH3 is 1. The molecule has 2 aliphatic carbocycles. The van der Waals surface area contributed by atoms with Crippen LogP contribution in [0.5, 0.6) is 11.5 Å². The first-order valence-corrected chi connectivity index (χ1v) is 21.3. The summed E-state index contributed by atoms with van der Waals surface area (Å²) in [5.41, 5.74) is -0.197. The van der Waals surface area contributed by atoms with E-state index in [1.54, 1.807) is 33.9 Å². The van der Waals surface area contributed by atoms with E-state index >= 15 is 0 Å². The van der Waals surface area contributed by atoms with Crippen LogP contribution in [0.2, 0.25) is 0 Å². The molecule has 57 heavy (non-hydrogen) atoms. The number of nitrogens with zero attached hydrogens (tertiary/aromatic N) is 2. The molecule has 4 aliphatic rings. The Kier molecular flexibility index (Phi) is 11.2. The monoisotopic (exact) mass is 801 g/mol. The standard InChI is InChI=1S/C42H51N5O9S/c1-41(2,3)56-40(51)44-32-18-11-6-5-10-15-27-24-42(27,39(50)46-57(52,53)30-16-12-17-30)45-37(48)35-22-29(25-47(35)38(32)49)55-36-23-33(26-13-8-7-9-14-26)43-34-21-28(54-4)19-20-31(34)36/h7-10,13-15,19-21,23,27,29-30,32,35H,5-6,11-12,16-18,22,24-25H2,1-4H3,(H,44,51)(H,45,48)(H,46,50)/b15-10-/t27-,29-,32+,35+,42-/m1/s1. The molecule has 2 aromatic carbocycles. The van der Waals surface area contributed by atoms with E-state index in [2.05, 4.69) is 15.4 Å². The molecule has 0 spiro atoms. The fraction of sp³-hybridized carbons (Fsp3) is 0.500. The van der Waals surface area contributed by atoms with Crippen molar-refractivity contribution in [3.63, 3.8) is 0 Å². The van der Waals surface area contributed by atoms with E-state index in [1.807, 2.05) is 60.7 Å². The normalized spacial score (nSPS) is 26.1. The van der Waals surface area contributed by atoms with Gasteiger partial charge in [0, 0.05) is 35.4 Å². The van der Waals surface area contributed by atoms with E-state index in [-0.39, 0.29) is 19.4 Å². The van der Waals surface area contributed by atoms with Gasteiger partial charge in [-0.15, -0.1) is 0 Å². The number of hydrogen-bond donors (Lipinski definition) is 3. The van der Waals surface area contributed by atoms with Gasteiger partial charge in [0.15, 0.2) is 0 Å². The molecule has 2 aliphatic heterocycles. The third-order valence-electron chi connectivity index (χ3n) is 11.2. The van der Waals surface area contributed by atoms with Crippen LogP contribution < -0.4 is 24.8 Å². The lowest BCUT2D eigenvalue weighted by atomic mass is 10.0. The van der Waals surface area contributed by atoms with E-state index < -0.39 is 74.3 Å². The lowest BCUT2D eigenvalue weighted by Crippen LogP contribution is -2.59. The highest BCUT2D eigenvalue weighted by atomic mass is 32.2. The minimum Gasteiger partial charge on any atom is -0.497 e. The number of alkyl carbamates (subject to hydrolysis) is 1. The third kappa shape index (κ3) is 8.88. The zero-order valence-electron chi connectivity index (χ0n) is 32.8. The molecule has 3 aromatic rings. The molecule has 0 unspecified atom stereocenters. The van der Waals surface area contributed by atoms with Crippen LogP contribution in [0.15, 0.2) is 66.7 Å². The summed E-state index contributed by atoms with van der Waals surface area (Å²) in [4.78, 5) is 62.3. The largest absolute Gasteiger partial charge is 0.497 e. The van der Waals surface area contributed by atoms with E-state index in [0.717, 1.165) is 12.0 Å². The molecule has 15 heteroatoms. The summed E-state index contributed by atoms with van der Waals surface area (Å²) in [6, 6.07) is 14.8. The number of allylic oxidation sites excluding steroid dienone is 1. The van der Waals surface area contributed by atoms with E-state index in [4.69, 9.17) is 19.2 Å². The number of benzene rings is 2. The average molecular weight is 802 g/mol. The zero-order chi connectivity index (χ0) is 40.5. The number of amides is 4. The number of fused-ring (bicyclic) bond motifs is 3. The van der Waals surface area contributed by atoms with Crippen LogP contribution in [-0.4, -0.2) is 90.3 Å². The number of pyridine rings is 1. The van der Waals surface area contributed by atoms with Gasteiger partial charge in [0.1, 0.15) is 40.8 Å². The Labute approximate surface area is 333 Å². The Morgan fingerprint density at radius 3 is 2.47 bits per heavy atom. The lowest BCUT2D eigenvalue weighted by Gasteiger charge is -2.31. The van der Waals surface area contributed by atoms with Gasteiger partial charge < -0.3 is 29.7 Å². The molecule has 14 nitrogen and oxygen atoms in total. The predicted molar refractivity (Wildman–Crippen MR) is 213 cm³/mol. The highest BCUT2D eigenvalue weighted by Gasteiger charge is 2.62. The van der Waals surface area contributed by atoms with Gasteiger partial charge in [-0.1, -0.05) is 55.3 Å². The Morgan fingerprint density at radius 2 is 1.77 bits per heavy atom. The molecule has 304 valence electrons. The first-order valence-electron chi connectivity index (χ1n) is 19.7. The molecular formula is C42H51N5O9S. The molecule has 0 bridgehead atoms. The number of rotatable bonds is 8. The van der Waals surface area contributed by atoms with Crippen molar-refractivity contribution < 1.29 is 41.8 Å². The summed E-state index contributed by atoms with van der Waals surface area (Å²) in [5, 5.41) is 5.70. The van der Waals surface area contributed by atoms with Crippen molar-refractivity contribution in [1.29, 1.82) is 0 Å². The van der Waals surface area contributed by atoms with Gasteiger partial charge in [0.25, 0.3) is 5.91 Å². The van der Waals surface area contributed by atoms with Crippen molar-refractivity contribution in [1.82, 2.24) is 25.2 Å². The van der Waals surface area contributed by atoms with Crippen LogP contribution in [-0.2, 0) is 29.1 Å². The Hall–Kier alpha value is -5.18. The number of carbonyl (C=O) groups excluding carboxylic acids is 4. The Morgan fingerprint density at radius 1 is 1.00 bits per heavy atom. The fourth-order valence-electron chi connectivity index (χ4n) is 7.76. The molecule has 0 radical (unpaired) electrons. The Bertz CT molecular complexity index is 2170. The van der Waals surface area contributed by atoms with Crippen molar-refractivity contribution in [3.05, 3.63) is 66.7 Å². The van der Waals surface area contributed by atoms with Gasteiger partial charge in [0.05, 0.1) is 30.1 Å². The van der Waals surface area contributed by atoms with Gasteiger partial charge in [-0.25, -0.2) is 18.2 Å². The topological polar surface area (TPSA) is 182 Å². The van der Waals surface area contributed by atoms with Crippen molar-refractivity contribution in [3.8, 4) is 22.8 Å². The maximum absolute atomic E-state index is 14.6. The smallest absolute Gasteiger partial charge is 0.408 e. The van der Waals surface area contributed by atoms with Crippen LogP contribution >= 0.6 is 0 Å². The molecule has 3 heterocycles. The summed E-state index contributed by atoms with van der Waals surface area (Å²) in [7, 11) is -2.36. The Balaban J connectivity index is 1.22. The zero-order valence-corrected chi connectivity index (χ0v) is 33.6. The first kappa shape index (κ1) is 40.0. The van der Waals surface area contributed by atoms with Gasteiger partial charge in [-0.2, -0.15) is 0 Å². The van der Waals surface area contributed by atoms with Crippen LogP contribution in [0.1, 0.15) is 78.6 Å². The van der Waals surface area contributed by atoms with Gasteiger partial charge in [-0.05, 0) is 71.4 Å². The molecule has 3 N–H and O–H groups in total. The second-order valence-electron chi connectivity index (χ2n) is 16.4. The first-order chi connectivity index (χ1) is 27.2. The van der Waals surface area contributed by atoms with E-state index in [1.165, 1.54) is 4.90 Å². The van der Waals surface area contributed by atoms with Crippen LogP contribution in [0, 0.1) is 5.92 Å². The molecule has 4 amide bonds. The number of ether oxygens (including phenoxy) is 3. The third-order valence-corrected chi connectivity index (χ3v) is 13.0. The predicted octanol–water partition coefficient (Wildman–Crippen LogP) is 5.16. The SMILES string of the molecule is COc1ccc2c(O[C@@H]3C[C@H]4C(=O)N[C@]5(C(=O)NS(=O)(=O)C6CCC6)C[C@H]5/C=C\CCCC[C@H](NC(=O)OC(C)(C)C)C(=O)N4C3)cc(-c3ccccc3)nc2c1. The van der Waals surface area contributed by atoms with Crippen molar-refractivity contribution in [2.75, 3.05) is 13.7 Å². The number of sulfonamides is 1. The molecule has 7 rings (SSSR count). The lowest BCUT2D eigenvalue weighted by molar-refractivity contribution is -0.141. The molecule has 1 aromatic heterocycles. The maximum atomic E-state index is 14.6. The summed E-state index contributed by atoms with van der Waals surface area (Å²) in [5.74, 6) is -1.24. The quantitative estimate of drug-likeness (QED) is 0.258. The van der Waals surface area contributed by atoms with Crippen LogP contribution in [0.4, 0.5) is 4.79 Å². The van der Waals surface area contributed by atoms with E-state index in [0.29, 0.717) is 66.6 Å². The summed E-state index contributed by atoms with van der Waals surface area (Å²) in [6.45, 7) is 5.18. The van der Waals surface area contributed by atoms with Crippen LogP contribution in [0.25, 0.3) is 22.2 Å². The highest BCUT2D eigenvalue weighted by molar-refractivity contribution is 7.90. The maximum Gasteiger partial charge on any atom is 0.408 e. The molecule has 5 atom stereocenters. The van der Waals surface area contributed by atoms with Crippen LogP contribution in [0.3, 0.4) is 0 Å². The minimum atomic E-state index is -3.93. The highest BCUT2D eigenvalue weighted by Crippen LogP contribution is 2.46. The molecule has 1 saturated heterocycles. The van der Waals surface area contributed by atoms with Gasteiger partial charge in [-0.3, -0.25) is 19.1 Å². The second kappa shape index (κ2) is 16.0. The number of aromatic nitrogens is 1. The van der Waals surface area contributed by atoms with Crippen molar-refractivity contribution in [2.45, 2.75) is 113 Å². The number of nitrogens with one attached hydrogen (secondary N) is 3. The molecule has 2 saturated carbocycles. The van der Waals surface area contributed by atoms with Crippen molar-refractivity contribution >= 4 is 44.7 Å². The minimum absolute atomic E-state index is 0.0113. The van der Waals surface area contributed by atoms with Gasteiger partial charge in [0.2, 0.25) is 21.8 Å².